The van der Waals surface area contributed by atoms with Crippen molar-refractivity contribution in [2.75, 3.05) is 6.26 Å². The molecule has 1 aromatic carbocycles. The second-order valence-electron chi connectivity index (χ2n) is 2.68. The molecule has 76 valence electrons. The molecule has 0 spiro atoms. The van der Waals surface area contributed by atoms with Crippen molar-refractivity contribution in [1.29, 1.82) is 0 Å². The van der Waals surface area contributed by atoms with Gasteiger partial charge >= 0.3 is 10.1 Å². The Labute approximate surface area is 81.6 Å². The summed E-state index contributed by atoms with van der Waals surface area (Å²) in [5.41, 5.74) is 5.20. The molecular weight excluding hydrogens is 206 g/mol. The SMILES string of the molecule is CS(=O)(=O)Oc1cccc(C(N)=O)c1. The molecule has 1 amide bonds. The Morgan fingerprint density at radius 2 is 2.07 bits per heavy atom. The number of benzene rings is 1. The molecule has 0 fully saturated rings. The fourth-order valence-electron chi connectivity index (χ4n) is 0.876. The molecule has 0 radical (unpaired) electrons. The van der Waals surface area contributed by atoms with Crippen LogP contribution in [-0.4, -0.2) is 20.6 Å². The number of carbonyl (C=O) groups is 1. The van der Waals surface area contributed by atoms with E-state index in [0.717, 1.165) is 6.26 Å². The van der Waals surface area contributed by atoms with E-state index >= 15 is 0 Å². The molecule has 0 bridgehead atoms. The summed E-state index contributed by atoms with van der Waals surface area (Å²) >= 11 is 0. The summed E-state index contributed by atoms with van der Waals surface area (Å²) in [5.74, 6) is -0.562. The molecule has 0 aliphatic carbocycles. The summed E-state index contributed by atoms with van der Waals surface area (Å²) in [6.45, 7) is 0. The number of amides is 1. The van der Waals surface area contributed by atoms with Crippen molar-refractivity contribution in [3.63, 3.8) is 0 Å². The Kier molecular flexibility index (Phi) is 2.76. The van der Waals surface area contributed by atoms with Gasteiger partial charge in [-0.3, -0.25) is 4.79 Å². The number of rotatable bonds is 3. The summed E-state index contributed by atoms with van der Waals surface area (Å²) in [5, 5.41) is 0. The zero-order chi connectivity index (χ0) is 10.8. The first kappa shape index (κ1) is 10.5. The molecular formula is C8H9NO4S. The average Bonchev–Trinajstić information content (AvgIpc) is 2.01. The standard InChI is InChI=1S/C8H9NO4S/c1-14(11,12)13-7-4-2-3-6(5-7)8(9)10/h2-5H,1H3,(H2,9,10). The van der Waals surface area contributed by atoms with Gasteiger partial charge in [-0.1, -0.05) is 6.07 Å². The number of carbonyl (C=O) groups excluding carboxylic acids is 1. The fourth-order valence-corrected chi connectivity index (χ4v) is 1.33. The lowest BCUT2D eigenvalue weighted by atomic mass is 10.2. The van der Waals surface area contributed by atoms with Crippen LogP contribution in [0.2, 0.25) is 0 Å². The van der Waals surface area contributed by atoms with Crippen LogP contribution in [0, 0.1) is 0 Å². The Morgan fingerprint density at radius 1 is 1.43 bits per heavy atom. The van der Waals surface area contributed by atoms with Gasteiger partial charge in [-0.25, -0.2) is 0 Å². The van der Waals surface area contributed by atoms with Crippen molar-refractivity contribution in [3.05, 3.63) is 29.8 Å². The van der Waals surface area contributed by atoms with Gasteiger partial charge < -0.3 is 9.92 Å². The van der Waals surface area contributed by atoms with Crippen LogP contribution in [0.3, 0.4) is 0 Å². The predicted octanol–water partition coefficient (Wildman–Crippen LogP) is 0.124. The third-order valence-electron chi connectivity index (χ3n) is 1.37. The minimum Gasteiger partial charge on any atom is -0.383 e. The molecule has 6 heteroatoms. The van der Waals surface area contributed by atoms with Crippen LogP contribution in [0.15, 0.2) is 24.3 Å². The Morgan fingerprint density at radius 3 is 2.57 bits per heavy atom. The molecule has 1 aromatic rings. The minimum absolute atomic E-state index is 0.0730. The summed E-state index contributed by atoms with van der Waals surface area (Å²) in [4.78, 5) is 10.7. The molecule has 14 heavy (non-hydrogen) atoms. The van der Waals surface area contributed by atoms with Crippen molar-refractivity contribution in [2.45, 2.75) is 0 Å². The summed E-state index contributed by atoms with van der Waals surface area (Å²) in [6.07, 6.45) is 0.921. The van der Waals surface area contributed by atoms with Crippen molar-refractivity contribution in [3.8, 4) is 5.75 Å². The molecule has 0 unspecified atom stereocenters. The molecule has 0 saturated heterocycles. The van der Waals surface area contributed by atoms with E-state index in [0.29, 0.717) is 0 Å². The lowest BCUT2D eigenvalue weighted by molar-refractivity contribution is 0.1000. The first-order valence-corrected chi connectivity index (χ1v) is 5.49. The first-order valence-electron chi connectivity index (χ1n) is 3.68. The van der Waals surface area contributed by atoms with Crippen LogP contribution in [0.5, 0.6) is 5.75 Å². The van der Waals surface area contributed by atoms with Crippen molar-refractivity contribution in [1.82, 2.24) is 0 Å². The molecule has 0 heterocycles. The summed E-state index contributed by atoms with van der Waals surface area (Å²) in [7, 11) is -3.57. The van der Waals surface area contributed by atoms with E-state index < -0.39 is 16.0 Å². The molecule has 2 N–H and O–H groups in total. The zero-order valence-electron chi connectivity index (χ0n) is 7.43. The molecule has 0 saturated carbocycles. The molecule has 0 aliphatic heterocycles. The van der Waals surface area contributed by atoms with E-state index in [1.807, 2.05) is 0 Å². The summed E-state index contributed by atoms with van der Waals surface area (Å²) < 4.78 is 26.0. The van der Waals surface area contributed by atoms with E-state index in [-0.39, 0.29) is 11.3 Å². The first-order chi connectivity index (χ1) is 6.38. The highest BCUT2D eigenvalue weighted by Gasteiger charge is 2.06. The number of hydrogen-bond acceptors (Lipinski definition) is 4. The number of primary amides is 1. The zero-order valence-corrected chi connectivity index (χ0v) is 8.24. The van der Waals surface area contributed by atoms with Crippen LogP contribution in [0.25, 0.3) is 0 Å². The van der Waals surface area contributed by atoms with E-state index in [2.05, 4.69) is 4.18 Å². The Bertz CT molecular complexity index is 452. The van der Waals surface area contributed by atoms with Gasteiger partial charge in [0.05, 0.1) is 6.26 Å². The quantitative estimate of drug-likeness (QED) is 0.726. The van der Waals surface area contributed by atoms with Crippen molar-refractivity contribution in [2.24, 2.45) is 5.73 Å². The molecule has 5 nitrogen and oxygen atoms in total. The monoisotopic (exact) mass is 215 g/mol. The number of nitrogens with two attached hydrogens (primary N) is 1. The van der Waals surface area contributed by atoms with Crippen LogP contribution in [0.1, 0.15) is 10.4 Å². The van der Waals surface area contributed by atoms with Crippen LogP contribution in [0.4, 0.5) is 0 Å². The second kappa shape index (κ2) is 3.67. The fraction of sp³-hybridized carbons (Fsp3) is 0.125. The smallest absolute Gasteiger partial charge is 0.306 e. The van der Waals surface area contributed by atoms with Crippen LogP contribution < -0.4 is 9.92 Å². The predicted molar refractivity (Wildman–Crippen MR) is 50.4 cm³/mol. The van der Waals surface area contributed by atoms with E-state index in [1.54, 1.807) is 0 Å². The lowest BCUT2D eigenvalue weighted by Gasteiger charge is -2.03. The van der Waals surface area contributed by atoms with Gasteiger partial charge in [0.15, 0.2) is 0 Å². The van der Waals surface area contributed by atoms with Gasteiger partial charge in [0, 0.05) is 5.56 Å². The molecule has 0 aromatic heterocycles. The van der Waals surface area contributed by atoms with Crippen LogP contribution >= 0.6 is 0 Å². The van der Waals surface area contributed by atoms with Crippen LogP contribution in [-0.2, 0) is 10.1 Å². The van der Waals surface area contributed by atoms with Gasteiger partial charge in [0.1, 0.15) is 5.75 Å². The van der Waals surface area contributed by atoms with Crippen molar-refractivity contribution >= 4 is 16.0 Å². The average molecular weight is 215 g/mol. The molecule has 0 atom stereocenters. The third-order valence-corrected chi connectivity index (χ3v) is 1.86. The highest BCUT2D eigenvalue weighted by Crippen LogP contribution is 2.14. The third kappa shape index (κ3) is 3.06. The normalized spacial score (nSPS) is 10.9. The lowest BCUT2D eigenvalue weighted by Crippen LogP contribution is -2.11. The molecule has 0 aliphatic rings. The maximum absolute atomic E-state index is 10.7. The maximum atomic E-state index is 10.7. The van der Waals surface area contributed by atoms with Gasteiger partial charge in [0.2, 0.25) is 5.91 Å². The van der Waals surface area contributed by atoms with Gasteiger partial charge in [0.25, 0.3) is 0 Å². The van der Waals surface area contributed by atoms with E-state index in [4.69, 9.17) is 5.73 Å². The van der Waals surface area contributed by atoms with E-state index in [1.165, 1.54) is 24.3 Å². The van der Waals surface area contributed by atoms with Gasteiger partial charge in [-0.2, -0.15) is 8.42 Å². The molecule has 1 rings (SSSR count). The highest BCUT2D eigenvalue weighted by molar-refractivity contribution is 7.86. The Balaban J connectivity index is 3.01. The highest BCUT2D eigenvalue weighted by atomic mass is 32.2. The van der Waals surface area contributed by atoms with Gasteiger partial charge in [-0.05, 0) is 18.2 Å². The summed E-state index contributed by atoms with van der Waals surface area (Å²) in [6, 6.07) is 5.65. The minimum atomic E-state index is -3.57. The largest absolute Gasteiger partial charge is 0.383 e. The maximum Gasteiger partial charge on any atom is 0.306 e. The topological polar surface area (TPSA) is 86.5 Å². The van der Waals surface area contributed by atoms with Crippen molar-refractivity contribution < 1.29 is 17.4 Å². The Hall–Kier alpha value is -1.56. The second-order valence-corrected chi connectivity index (χ2v) is 4.25. The van der Waals surface area contributed by atoms with E-state index in [9.17, 15) is 13.2 Å². The number of hydrogen-bond donors (Lipinski definition) is 1. The van der Waals surface area contributed by atoms with Gasteiger partial charge in [-0.15, -0.1) is 0 Å².